The number of halogens is 1. The number of rotatable bonds is 5. The zero-order chi connectivity index (χ0) is 16.2. The number of carbonyl (C=O) groups is 1. The van der Waals surface area contributed by atoms with Crippen LogP contribution in [0.2, 0.25) is 0 Å². The minimum atomic E-state index is -1.08. The van der Waals surface area contributed by atoms with E-state index < -0.39 is 11.6 Å². The maximum atomic E-state index is 13.0. The lowest BCUT2D eigenvalue weighted by Crippen LogP contribution is -2.39. The van der Waals surface area contributed by atoms with Crippen LogP contribution in [0.1, 0.15) is 37.7 Å². The molecule has 0 aromatic heterocycles. The van der Waals surface area contributed by atoms with Crippen molar-refractivity contribution in [2.75, 3.05) is 6.54 Å². The van der Waals surface area contributed by atoms with Crippen molar-refractivity contribution in [1.29, 1.82) is 0 Å². The first kappa shape index (κ1) is 16.9. The number of hydroxylamine groups is 2. The molecule has 5 nitrogen and oxygen atoms in total. The average molecular weight is 311 g/mol. The highest BCUT2D eigenvalue weighted by Gasteiger charge is 2.35. The Morgan fingerprint density at radius 3 is 2.68 bits per heavy atom. The highest BCUT2D eigenvalue weighted by molar-refractivity contribution is 5.66. The maximum absolute atomic E-state index is 13.0. The van der Waals surface area contributed by atoms with Crippen molar-refractivity contribution < 1.29 is 24.6 Å². The first-order valence-electron chi connectivity index (χ1n) is 7.52. The Labute approximate surface area is 128 Å². The second-order valence-electron chi connectivity index (χ2n) is 6.07. The zero-order valence-electron chi connectivity index (χ0n) is 12.4. The second kappa shape index (κ2) is 7.17. The van der Waals surface area contributed by atoms with E-state index in [0.29, 0.717) is 32.2 Å². The summed E-state index contributed by atoms with van der Waals surface area (Å²) in [7, 11) is 0. The molecule has 3 N–H and O–H groups in total. The first-order chi connectivity index (χ1) is 10.4. The minimum absolute atomic E-state index is 0.0921. The van der Waals surface area contributed by atoms with E-state index in [9.17, 15) is 19.5 Å². The molecule has 1 fully saturated rings. The summed E-state index contributed by atoms with van der Waals surface area (Å²) >= 11 is 0. The van der Waals surface area contributed by atoms with Crippen LogP contribution in [0.25, 0.3) is 0 Å². The third-order valence-electron chi connectivity index (χ3n) is 4.26. The molecule has 1 heterocycles. The van der Waals surface area contributed by atoms with Crippen molar-refractivity contribution in [2.45, 2.75) is 50.2 Å². The molecule has 0 spiro atoms. The molecule has 2 rings (SSSR count). The van der Waals surface area contributed by atoms with Crippen LogP contribution in [-0.2, 0) is 11.2 Å². The van der Waals surface area contributed by atoms with Gasteiger partial charge in [-0.25, -0.2) is 4.39 Å². The molecule has 1 aliphatic rings. The first-order valence-corrected chi connectivity index (χ1v) is 7.52. The number of benzene rings is 1. The molecule has 1 saturated heterocycles. The quantitative estimate of drug-likeness (QED) is 0.777. The van der Waals surface area contributed by atoms with E-state index in [0.717, 1.165) is 5.56 Å². The fraction of sp³-hybridized carbons (Fsp3) is 0.562. The summed E-state index contributed by atoms with van der Waals surface area (Å²) in [6.07, 6.45) is 1.94. The summed E-state index contributed by atoms with van der Waals surface area (Å²) in [5.41, 5.74) is -0.214. The van der Waals surface area contributed by atoms with Gasteiger partial charge < -0.3 is 15.4 Å². The molecule has 0 radical (unpaired) electrons. The number of aliphatic carboxylic acids is 1. The fourth-order valence-corrected chi connectivity index (χ4v) is 3.04. The van der Waals surface area contributed by atoms with E-state index >= 15 is 0 Å². The van der Waals surface area contributed by atoms with Crippen LogP contribution in [-0.4, -0.2) is 44.6 Å². The Balaban J connectivity index is 2.06. The molecule has 1 aromatic rings. The van der Waals surface area contributed by atoms with Crippen LogP contribution in [0, 0.1) is 5.82 Å². The molecule has 122 valence electrons. The summed E-state index contributed by atoms with van der Waals surface area (Å²) in [6, 6.07) is 5.73. The molecule has 6 heteroatoms. The molecule has 2 unspecified atom stereocenters. The molecule has 0 bridgehead atoms. The Bertz CT molecular complexity index is 507. The van der Waals surface area contributed by atoms with E-state index in [1.165, 1.54) is 17.2 Å². The van der Waals surface area contributed by atoms with Crippen molar-refractivity contribution in [3.8, 4) is 0 Å². The highest BCUT2D eigenvalue weighted by Crippen LogP contribution is 2.31. The Morgan fingerprint density at radius 2 is 2.05 bits per heavy atom. The van der Waals surface area contributed by atoms with Crippen molar-refractivity contribution in [3.05, 3.63) is 35.6 Å². The maximum Gasteiger partial charge on any atom is 0.303 e. The molecule has 22 heavy (non-hydrogen) atoms. The van der Waals surface area contributed by atoms with E-state index in [2.05, 4.69) is 0 Å². The topological polar surface area (TPSA) is 81.0 Å². The van der Waals surface area contributed by atoms with Crippen LogP contribution >= 0.6 is 0 Å². The molecular formula is C16H22FNO4. The van der Waals surface area contributed by atoms with Gasteiger partial charge in [0.25, 0.3) is 0 Å². The van der Waals surface area contributed by atoms with Gasteiger partial charge in [-0.1, -0.05) is 12.1 Å². The van der Waals surface area contributed by atoms with Gasteiger partial charge in [0.1, 0.15) is 5.82 Å². The van der Waals surface area contributed by atoms with E-state index in [-0.39, 0.29) is 24.7 Å². The number of hydrogen-bond acceptors (Lipinski definition) is 4. The third kappa shape index (κ3) is 4.76. The standard InChI is InChI=1S/C16H22FNO4/c17-13-4-2-12(3-5-13)10-14-11-16(21,8-6-15(19)20)7-1-9-18(14)22/h2-5,14,21-22H,1,6-11H2,(H,19,20). The number of carboxylic acid groups (broad SMARTS) is 1. The summed E-state index contributed by atoms with van der Waals surface area (Å²) < 4.78 is 13.0. The van der Waals surface area contributed by atoms with E-state index in [1.54, 1.807) is 12.1 Å². The van der Waals surface area contributed by atoms with Crippen molar-refractivity contribution in [2.24, 2.45) is 0 Å². The SMILES string of the molecule is O=C(O)CCC1(O)CCCN(O)C(Cc2ccc(F)cc2)C1. The summed E-state index contributed by atoms with van der Waals surface area (Å²) in [6.45, 7) is 0.432. The summed E-state index contributed by atoms with van der Waals surface area (Å²) in [4.78, 5) is 10.7. The van der Waals surface area contributed by atoms with Gasteiger partial charge in [0, 0.05) is 19.0 Å². The van der Waals surface area contributed by atoms with E-state index in [1.807, 2.05) is 0 Å². The Kier molecular flexibility index (Phi) is 5.50. The van der Waals surface area contributed by atoms with Crippen molar-refractivity contribution in [1.82, 2.24) is 5.06 Å². The van der Waals surface area contributed by atoms with Gasteiger partial charge in [-0.2, -0.15) is 5.06 Å². The van der Waals surface area contributed by atoms with Crippen molar-refractivity contribution >= 4 is 5.97 Å². The predicted octanol–water partition coefficient (Wildman–Crippen LogP) is 2.21. The molecule has 0 aliphatic carbocycles. The minimum Gasteiger partial charge on any atom is -0.481 e. The second-order valence-corrected chi connectivity index (χ2v) is 6.07. The Hall–Kier alpha value is -1.50. The molecular weight excluding hydrogens is 289 g/mol. The van der Waals surface area contributed by atoms with Gasteiger partial charge in [-0.05, 0) is 49.8 Å². The molecule has 2 atom stereocenters. The van der Waals surface area contributed by atoms with Crippen LogP contribution in [0.3, 0.4) is 0 Å². The van der Waals surface area contributed by atoms with E-state index in [4.69, 9.17) is 5.11 Å². The fourth-order valence-electron chi connectivity index (χ4n) is 3.04. The normalized spacial score (nSPS) is 26.6. The molecule has 0 saturated carbocycles. The van der Waals surface area contributed by atoms with Crippen LogP contribution < -0.4 is 0 Å². The lowest BCUT2D eigenvalue weighted by molar-refractivity contribution is -0.140. The van der Waals surface area contributed by atoms with Crippen LogP contribution in [0.5, 0.6) is 0 Å². The van der Waals surface area contributed by atoms with Gasteiger partial charge in [-0.3, -0.25) is 4.79 Å². The summed E-state index contributed by atoms with van der Waals surface area (Å²) in [5.74, 6) is -1.25. The van der Waals surface area contributed by atoms with Gasteiger partial charge in [0.05, 0.1) is 5.60 Å². The molecule has 0 amide bonds. The Morgan fingerprint density at radius 1 is 1.36 bits per heavy atom. The summed E-state index contributed by atoms with van der Waals surface area (Å²) in [5, 5.41) is 30.8. The monoisotopic (exact) mass is 311 g/mol. The largest absolute Gasteiger partial charge is 0.481 e. The molecule has 1 aliphatic heterocycles. The molecule has 1 aromatic carbocycles. The lowest BCUT2D eigenvalue weighted by Gasteiger charge is -2.31. The number of hydrogen-bond donors (Lipinski definition) is 3. The number of nitrogens with zero attached hydrogens (tertiary/aromatic N) is 1. The lowest BCUT2D eigenvalue weighted by atomic mass is 9.85. The van der Waals surface area contributed by atoms with Crippen LogP contribution in [0.4, 0.5) is 4.39 Å². The smallest absolute Gasteiger partial charge is 0.303 e. The highest BCUT2D eigenvalue weighted by atomic mass is 19.1. The van der Waals surface area contributed by atoms with Gasteiger partial charge in [0.15, 0.2) is 0 Å². The number of carboxylic acids is 1. The average Bonchev–Trinajstić information content (AvgIpc) is 2.60. The predicted molar refractivity (Wildman–Crippen MR) is 78.1 cm³/mol. The van der Waals surface area contributed by atoms with Crippen LogP contribution in [0.15, 0.2) is 24.3 Å². The van der Waals surface area contributed by atoms with Gasteiger partial charge in [0.2, 0.25) is 0 Å². The zero-order valence-corrected chi connectivity index (χ0v) is 12.4. The third-order valence-corrected chi connectivity index (χ3v) is 4.26. The number of aliphatic hydroxyl groups is 1. The van der Waals surface area contributed by atoms with Gasteiger partial charge in [-0.15, -0.1) is 0 Å². The van der Waals surface area contributed by atoms with Crippen molar-refractivity contribution in [3.63, 3.8) is 0 Å². The van der Waals surface area contributed by atoms with Gasteiger partial charge >= 0.3 is 5.97 Å².